The lowest BCUT2D eigenvalue weighted by molar-refractivity contribution is -0.136. The maximum Gasteiger partial charge on any atom is 0.262 e. The number of carbonyl (C=O) groups excluding carboxylic acids is 5. The third-order valence-electron chi connectivity index (χ3n) is 5.57. The number of piperidine rings is 1. The first-order valence-electron chi connectivity index (χ1n) is 9.33. The van der Waals surface area contributed by atoms with Crippen molar-refractivity contribution in [1.29, 1.82) is 0 Å². The van der Waals surface area contributed by atoms with Crippen LogP contribution in [0.15, 0.2) is 12.1 Å². The van der Waals surface area contributed by atoms with Crippen LogP contribution < -0.4 is 10.2 Å². The molecule has 1 aromatic carbocycles. The van der Waals surface area contributed by atoms with Gasteiger partial charge in [-0.3, -0.25) is 34.2 Å². The van der Waals surface area contributed by atoms with Gasteiger partial charge in [0.05, 0.1) is 16.8 Å². The molecule has 3 heterocycles. The number of hydrogen-bond acceptors (Lipinski definition) is 6. The van der Waals surface area contributed by atoms with Gasteiger partial charge in [0.25, 0.3) is 11.8 Å². The van der Waals surface area contributed by atoms with Crippen molar-refractivity contribution in [1.82, 2.24) is 15.1 Å². The number of benzene rings is 1. The first-order valence-corrected chi connectivity index (χ1v) is 9.33. The molecule has 2 fully saturated rings. The van der Waals surface area contributed by atoms with E-state index in [9.17, 15) is 28.4 Å². The first kappa shape index (κ1) is 19.0. The summed E-state index contributed by atoms with van der Waals surface area (Å²) in [5, 5.41) is 2.12. The number of nitrogens with one attached hydrogen (secondary N) is 1. The molecule has 29 heavy (non-hydrogen) atoms. The van der Waals surface area contributed by atoms with Crippen LogP contribution in [-0.4, -0.2) is 71.6 Å². The monoisotopic (exact) mass is 402 g/mol. The highest BCUT2D eigenvalue weighted by molar-refractivity contribution is 6.23. The summed E-state index contributed by atoms with van der Waals surface area (Å²) in [7, 11) is 0. The zero-order valence-electron chi connectivity index (χ0n) is 15.7. The summed E-state index contributed by atoms with van der Waals surface area (Å²) in [6.07, 6.45) is 0.0579. The van der Waals surface area contributed by atoms with Gasteiger partial charge in [0.1, 0.15) is 11.9 Å². The predicted octanol–water partition coefficient (Wildman–Crippen LogP) is -0.105. The van der Waals surface area contributed by atoms with Crippen LogP contribution in [0.5, 0.6) is 0 Å². The van der Waals surface area contributed by atoms with Gasteiger partial charge in [-0.15, -0.1) is 0 Å². The Labute approximate surface area is 165 Å². The van der Waals surface area contributed by atoms with E-state index in [0.29, 0.717) is 26.2 Å². The van der Waals surface area contributed by atoms with Gasteiger partial charge in [-0.05, 0) is 18.6 Å². The summed E-state index contributed by atoms with van der Waals surface area (Å²) >= 11 is 0. The molecule has 2 saturated heterocycles. The minimum absolute atomic E-state index is 0.0177. The summed E-state index contributed by atoms with van der Waals surface area (Å²) in [6, 6.07) is 1.26. The van der Waals surface area contributed by atoms with Crippen molar-refractivity contribution in [3.05, 3.63) is 29.1 Å². The van der Waals surface area contributed by atoms with E-state index in [-0.39, 0.29) is 35.6 Å². The Balaban J connectivity index is 1.61. The van der Waals surface area contributed by atoms with Gasteiger partial charge in [-0.25, -0.2) is 4.39 Å². The van der Waals surface area contributed by atoms with Crippen molar-refractivity contribution in [2.75, 3.05) is 31.1 Å². The smallest absolute Gasteiger partial charge is 0.262 e. The number of anilines is 1. The zero-order valence-corrected chi connectivity index (χ0v) is 15.7. The van der Waals surface area contributed by atoms with Gasteiger partial charge in [0, 0.05) is 39.5 Å². The molecule has 0 saturated carbocycles. The second-order valence-corrected chi connectivity index (χ2v) is 7.29. The van der Waals surface area contributed by atoms with Crippen LogP contribution in [0.2, 0.25) is 0 Å². The lowest BCUT2D eigenvalue weighted by Crippen LogP contribution is -2.54. The van der Waals surface area contributed by atoms with Crippen LogP contribution in [0.25, 0.3) is 0 Å². The van der Waals surface area contributed by atoms with Crippen molar-refractivity contribution < 1.29 is 28.4 Å². The van der Waals surface area contributed by atoms with Gasteiger partial charge in [0.2, 0.25) is 17.7 Å². The highest BCUT2D eigenvalue weighted by Crippen LogP contribution is 2.33. The predicted molar refractivity (Wildman–Crippen MR) is 97.5 cm³/mol. The zero-order chi connectivity index (χ0) is 20.9. The Morgan fingerprint density at radius 3 is 2.24 bits per heavy atom. The van der Waals surface area contributed by atoms with Gasteiger partial charge in [0.15, 0.2) is 0 Å². The number of amides is 5. The SMILES string of the molecule is CC(=O)N1CCN(c2cc3c(cc2F)C(=O)N(C2CCC(=O)NC2=O)C3=O)CC1. The third-order valence-corrected chi connectivity index (χ3v) is 5.57. The van der Waals surface area contributed by atoms with Crippen LogP contribution in [-0.2, 0) is 14.4 Å². The van der Waals surface area contributed by atoms with E-state index in [2.05, 4.69) is 5.32 Å². The molecule has 4 rings (SSSR count). The quantitative estimate of drug-likeness (QED) is 0.692. The largest absolute Gasteiger partial charge is 0.366 e. The van der Waals surface area contributed by atoms with Gasteiger partial charge in [-0.2, -0.15) is 0 Å². The van der Waals surface area contributed by atoms with E-state index in [0.717, 1.165) is 11.0 Å². The molecule has 1 unspecified atom stereocenters. The van der Waals surface area contributed by atoms with Gasteiger partial charge >= 0.3 is 0 Å². The molecule has 5 amide bonds. The summed E-state index contributed by atoms with van der Waals surface area (Å²) in [5.74, 6) is -3.29. The maximum atomic E-state index is 14.8. The van der Waals surface area contributed by atoms with Crippen molar-refractivity contribution in [2.24, 2.45) is 0 Å². The number of piperazine rings is 1. The van der Waals surface area contributed by atoms with Crippen LogP contribution in [0, 0.1) is 5.82 Å². The standard InChI is InChI=1S/C19H19FN4O5/c1-10(25)22-4-6-23(7-5-22)15-9-12-11(8-13(15)20)18(28)24(19(12)29)14-2-3-16(26)21-17(14)27/h8-9,14H,2-7H2,1H3,(H,21,26,27). The van der Waals surface area contributed by atoms with E-state index in [1.54, 1.807) is 9.80 Å². The Kier molecular flexibility index (Phi) is 4.56. The number of imide groups is 2. The van der Waals surface area contributed by atoms with Crippen LogP contribution in [0.3, 0.4) is 0 Å². The fourth-order valence-electron chi connectivity index (χ4n) is 3.98. The van der Waals surface area contributed by atoms with Crippen LogP contribution in [0.4, 0.5) is 10.1 Å². The lowest BCUT2D eigenvalue weighted by atomic mass is 10.0. The molecule has 0 radical (unpaired) electrons. The normalized spacial score (nSPS) is 22.1. The van der Waals surface area contributed by atoms with E-state index >= 15 is 0 Å². The average Bonchev–Trinajstić information content (AvgIpc) is 2.91. The second-order valence-electron chi connectivity index (χ2n) is 7.29. The maximum absolute atomic E-state index is 14.8. The van der Waals surface area contributed by atoms with E-state index < -0.39 is 35.5 Å². The molecule has 3 aliphatic rings. The number of fused-ring (bicyclic) bond motifs is 1. The highest BCUT2D eigenvalue weighted by atomic mass is 19.1. The fraction of sp³-hybridized carbons (Fsp3) is 0.421. The highest BCUT2D eigenvalue weighted by Gasteiger charge is 2.45. The number of rotatable bonds is 2. The fourth-order valence-corrected chi connectivity index (χ4v) is 3.98. The number of nitrogens with zero attached hydrogens (tertiary/aromatic N) is 3. The Bertz CT molecular complexity index is 954. The molecule has 9 nitrogen and oxygen atoms in total. The number of carbonyl (C=O) groups is 5. The Hall–Kier alpha value is -3.30. The molecule has 0 aliphatic carbocycles. The van der Waals surface area contributed by atoms with Crippen molar-refractivity contribution in [3.63, 3.8) is 0 Å². The molecule has 0 bridgehead atoms. The molecule has 1 aromatic rings. The minimum Gasteiger partial charge on any atom is -0.366 e. The summed E-state index contributed by atoms with van der Waals surface area (Å²) < 4.78 is 14.8. The first-order chi connectivity index (χ1) is 13.8. The molecule has 0 spiro atoms. The molecule has 152 valence electrons. The van der Waals surface area contributed by atoms with Crippen molar-refractivity contribution in [2.45, 2.75) is 25.8 Å². The van der Waals surface area contributed by atoms with Crippen LogP contribution >= 0.6 is 0 Å². The minimum atomic E-state index is -1.09. The van der Waals surface area contributed by atoms with Gasteiger partial charge < -0.3 is 9.80 Å². The third kappa shape index (κ3) is 3.14. The molecule has 1 N–H and O–H groups in total. The molecular formula is C19H19FN4O5. The molecular weight excluding hydrogens is 383 g/mol. The van der Waals surface area contributed by atoms with E-state index in [4.69, 9.17) is 0 Å². The van der Waals surface area contributed by atoms with E-state index in [1.807, 2.05) is 0 Å². The molecule has 0 aromatic heterocycles. The summed E-state index contributed by atoms with van der Waals surface area (Å²) in [6.45, 7) is 3.13. The van der Waals surface area contributed by atoms with Crippen molar-refractivity contribution in [3.8, 4) is 0 Å². The molecule has 3 aliphatic heterocycles. The number of hydrogen-bond donors (Lipinski definition) is 1. The Morgan fingerprint density at radius 2 is 1.66 bits per heavy atom. The lowest BCUT2D eigenvalue weighted by Gasteiger charge is -2.35. The van der Waals surface area contributed by atoms with Crippen LogP contribution in [0.1, 0.15) is 40.5 Å². The summed E-state index contributed by atoms with van der Waals surface area (Å²) in [4.78, 5) is 64.7. The second kappa shape index (κ2) is 6.94. The summed E-state index contributed by atoms with van der Waals surface area (Å²) in [5.41, 5.74) is 0.117. The van der Waals surface area contributed by atoms with Crippen molar-refractivity contribution >= 4 is 35.2 Å². The molecule has 10 heteroatoms. The Morgan fingerprint density at radius 1 is 1.03 bits per heavy atom. The molecule has 1 atom stereocenters. The van der Waals surface area contributed by atoms with Gasteiger partial charge in [-0.1, -0.05) is 0 Å². The number of halogens is 1. The topological polar surface area (TPSA) is 107 Å². The average molecular weight is 402 g/mol. The van der Waals surface area contributed by atoms with E-state index in [1.165, 1.54) is 13.0 Å².